The van der Waals surface area contributed by atoms with Gasteiger partial charge < -0.3 is 0 Å². The van der Waals surface area contributed by atoms with Gasteiger partial charge in [-0.1, -0.05) is 53.8 Å². The standard InChI is InChI=1S/C16H9Br2Cl/c17-16(18)15(13-7-9-14(19)10-8-13)11-6-12-4-2-1-3-5-12/h1-5,7-10H. The van der Waals surface area contributed by atoms with Crippen LogP contribution in [0.25, 0.3) is 5.57 Å². The first-order valence-electron chi connectivity index (χ1n) is 5.55. The van der Waals surface area contributed by atoms with Gasteiger partial charge in [0.2, 0.25) is 0 Å². The Morgan fingerprint density at radius 3 is 2.11 bits per heavy atom. The molecular formula is C16H9Br2Cl. The zero-order valence-electron chi connectivity index (χ0n) is 9.83. The Morgan fingerprint density at radius 2 is 1.53 bits per heavy atom. The Bertz CT molecular complexity index is 643. The Labute approximate surface area is 134 Å². The molecule has 0 aliphatic carbocycles. The van der Waals surface area contributed by atoms with Crippen molar-refractivity contribution in [3.63, 3.8) is 0 Å². The maximum Gasteiger partial charge on any atom is 0.0766 e. The zero-order chi connectivity index (χ0) is 13.7. The average molecular weight is 397 g/mol. The summed E-state index contributed by atoms with van der Waals surface area (Å²) in [4.78, 5) is 0. The summed E-state index contributed by atoms with van der Waals surface area (Å²) in [6.45, 7) is 0. The van der Waals surface area contributed by atoms with E-state index < -0.39 is 0 Å². The van der Waals surface area contributed by atoms with Gasteiger partial charge in [-0.3, -0.25) is 0 Å². The lowest BCUT2D eigenvalue weighted by atomic mass is 10.1. The predicted octanol–water partition coefficient (Wildman–Crippen LogP) is 5.85. The van der Waals surface area contributed by atoms with Crippen molar-refractivity contribution in [2.75, 3.05) is 0 Å². The summed E-state index contributed by atoms with van der Waals surface area (Å²) in [7, 11) is 0. The van der Waals surface area contributed by atoms with Gasteiger partial charge in [0.05, 0.1) is 8.96 Å². The van der Waals surface area contributed by atoms with Gasteiger partial charge in [-0.15, -0.1) is 0 Å². The molecule has 0 nitrogen and oxygen atoms in total. The molecule has 0 fully saturated rings. The first kappa shape index (κ1) is 14.4. The second-order valence-electron chi connectivity index (χ2n) is 3.76. The quantitative estimate of drug-likeness (QED) is 0.531. The van der Waals surface area contributed by atoms with Crippen LogP contribution in [0.3, 0.4) is 0 Å². The molecule has 0 bridgehead atoms. The van der Waals surface area contributed by atoms with Gasteiger partial charge in [-0.2, -0.15) is 0 Å². The Morgan fingerprint density at radius 1 is 0.895 bits per heavy atom. The molecule has 0 radical (unpaired) electrons. The lowest BCUT2D eigenvalue weighted by Gasteiger charge is -2.01. The molecule has 0 unspecified atom stereocenters. The van der Waals surface area contributed by atoms with Gasteiger partial charge in [0, 0.05) is 10.6 Å². The molecule has 0 heterocycles. The van der Waals surface area contributed by atoms with E-state index >= 15 is 0 Å². The second-order valence-corrected chi connectivity index (χ2v) is 6.84. The number of rotatable bonds is 1. The second kappa shape index (κ2) is 6.96. The van der Waals surface area contributed by atoms with Gasteiger partial charge in [-0.25, -0.2) is 0 Å². The van der Waals surface area contributed by atoms with Gasteiger partial charge in [0.1, 0.15) is 0 Å². The molecule has 0 aliphatic rings. The van der Waals surface area contributed by atoms with E-state index in [0.29, 0.717) is 5.02 Å². The van der Waals surface area contributed by atoms with Crippen LogP contribution in [0, 0.1) is 11.8 Å². The Hall–Kier alpha value is -1.01. The fourth-order valence-corrected chi connectivity index (χ4v) is 2.28. The lowest BCUT2D eigenvalue weighted by molar-refractivity contribution is 1.63. The van der Waals surface area contributed by atoms with Crippen LogP contribution < -0.4 is 0 Å². The monoisotopic (exact) mass is 394 g/mol. The predicted molar refractivity (Wildman–Crippen MR) is 89.5 cm³/mol. The van der Waals surface area contributed by atoms with Crippen molar-refractivity contribution in [1.29, 1.82) is 0 Å². The molecule has 0 saturated carbocycles. The van der Waals surface area contributed by atoms with Crippen molar-refractivity contribution < 1.29 is 0 Å². The highest BCUT2D eigenvalue weighted by Gasteiger charge is 2.02. The molecule has 0 spiro atoms. The highest BCUT2D eigenvalue weighted by molar-refractivity contribution is 9.28. The zero-order valence-corrected chi connectivity index (χ0v) is 13.8. The maximum atomic E-state index is 5.89. The highest BCUT2D eigenvalue weighted by Crippen LogP contribution is 2.27. The van der Waals surface area contributed by atoms with Gasteiger partial charge >= 0.3 is 0 Å². The summed E-state index contributed by atoms with van der Waals surface area (Å²) in [6, 6.07) is 17.5. The molecule has 0 aliphatic heterocycles. The molecule has 94 valence electrons. The number of halogens is 3. The van der Waals surface area contributed by atoms with Crippen LogP contribution in [0.1, 0.15) is 11.1 Å². The molecular weight excluding hydrogens is 387 g/mol. The van der Waals surface area contributed by atoms with Crippen molar-refractivity contribution in [3.05, 3.63) is 74.1 Å². The van der Waals surface area contributed by atoms with Gasteiger partial charge in [0.25, 0.3) is 0 Å². The summed E-state index contributed by atoms with van der Waals surface area (Å²) < 4.78 is 0.825. The van der Waals surface area contributed by atoms with Crippen molar-refractivity contribution in [3.8, 4) is 11.8 Å². The largest absolute Gasteiger partial charge is 0.0843 e. The Balaban J connectivity index is 2.37. The van der Waals surface area contributed by atoms with Crippen molar-refractivity contribution in [2.45, 2.75) is 0 Å². The van der Waals surface area contributed by atoms with E-state index in [9.17, 15) is 0 Å². The summed E-state index contributed by atoms with van der Waals surface area (Å²) >= 11 is 12.8. The topological polar surface area (TPSA) is 0 Å². The molecule has 19 heavy (non-hydrogen) atoms. The third-order valence-electron chi connectivity index (χ3n) is 2.43. The fraction of sp³-hybridized carbons (Fsp3) is 0. The summed E-state index contributed by atoms with van der Waals surface area (Å²) in [5.74, 6) is 6.30. The molecule has 0 amide bonds. The van der Waals surface area contributed by atoms with Crippen LogP contribution in [0.4, 0.5) is 0 Å². The summed E-state index contributed by atoms with van der Waals surface area (Å²) in [6.07, 6.45) is 0. The highest BCUT2D eigenvalue weighted by atomic mass is 79.9. The number of hydrogen-bond acceptors (Lipinski definition) is 0. The number of hydrogen-bond donors (Lipinski definition) is 0. The van der Waals surface area contributed by atoms with Crippen LogP contribution >= 0.6 is 43.5 Å². The molecule has 0 N–H and O–H groups in total. The number of benzene rings is 2. The average Bonchev–Trinajstić information content (AvgIpc) is 2.42. The number of allylic oxidation sites excluding steroid dienone is 1. The van der Waals surface area contributed by atoms with E-state index in [0.717, 1.165) is 20.1 Å². The van der Waals surface area contributed by atoms with Crippen molar-refractivity contribution in [1.82, 2.24) is 0 Å². The smallest absolute Gasteiger partial charge is 0.0766 e. The van der Waals surface area contributed by atoms with Crippen LogP contribution in [0.5, 0.6) is 0 Å². The van der Waals surface area contributed by atoms with Crippen LogP contribution in [0.15, 0.2) is 58.0 Å². The van der Waals surface area contributed by atoms with Crippen LogP contribution in [0.2, 0.25) is 5.02 Å². The third kappa shape index (κ3) is 4.24. The van der Waals surface area contributed by atoms with E-state index in [-0.39, 0.29) is 0 Å². The molecule has 2 aromatic carbocycles. The first-order valence-corrected chi connectivity index (χ1v) is 7.51. The van der Waals surface area contributed by atoms with Crippen molar-refractivity contribution >= 4 is 49.0 Å². The van der Waals surface area contributed by atoms with E-state index in [4.69, 9.17) is 11.6 Å². The normalized spacial score (nSPS) is 9.42. The van der Waals surface area contributed by atoms with Crippen LogP contribution in [-0.4, -0.2) is 0 Å². The first-order chi connectivity index (χ1) is 9.16. The molecule has 2 rings (SSSR count). The van der Waals surface area contributed by atoms with E-state index in [1.807, 2.05) is 54.6 Å². The molecule has 0 atom stereocenters. The molecule has 0 saturated heterocycles. The maximum absolute atomic E-state index is 5.89. The third-order valence-corrected chi connectivity index (χ3v) is 3.47. The minimum Gasteiger partial charge on any atom is -0.0843 e. The van der Waals surface area contributed by atoms with Gasteiger partial charge in [-0.05, 0) is 61.7 Å². The van der Waals surface area contributed by atoms with Crippen LogP contribution in [-0.2, 0) is 0 Å². The SMILES string of the molecule is Clc1ccc(C(C#Cc2ccccc2)=C(Br)Br)cc1. The Kier molecular flexibility index (Phi) is 5.27. The van der Waals surface area contributed by atoms with E-state index in [1.54, 1.807) is 0 Å². The summed E-state index contributed by atoms with van der Waals surface area (Å²) in [5.41, 5.74) is 2.88. The van der Waals surface area contributed by atoms with E-state index in [1.165, 1.54) is 0 Å². The fourth-order valence-electron chi connectivity index (χ4n) is 1.50. The van der Waals surface area contributed by atoms with Crippen molar-refractivity contribution in [2.24, 2.45) is 0 Å². The minimum absolute atomic E-state index is 0.713. The molecule has 0 aromatic heterocycles. The van der Waals surface area contributed by atoms with E-state index in [2.05, 4.69) is 43.7 Å². The summed E-state index contributed by atoms with van der Waals surface area (Å²) in [5, 5.41) is 0.713. The minimum atomic E-state index is 0.713. The van der Waals surface area contributed by atoms with Gasteiger partial charge in [0.15, 0.2) is 0 Å². The molecule has 3 heteroatoms. The lowest BCUT2D eigenvalue weighted by Crippen LogP contribution is -1.82. The molecule has 2 aromatic rings.